The van der Waals surface area contributed by atoms with Gasteiger partial charge in [-0.05, 0) is 38.5 Å². The fourth-order valence-corrected chi connectivity index (χ4v) is 3.65. The molecule has 0 aliphatic heterocycles. The van der Waals surface area contributed by atoms with Gasteiger partial charge in [-0.2, -0.15) is 0 Å². The molecule has 1 heterocycles. The maximum Gasteiger partial charge on any atom is 0.257 e. The van der Waals surface area contributed by atoms with Crippen molar-refractivity contribution in [3.8, 4) is 0 Å². The van der Waals surface area contributed by atoms with Crippen LogP contribution in [-0.2, 0) is 10.0 Å². The van der Waals surface area contributed by atoms with Crippen molar-refractivity contribution in [2.24, 2.45) is 0 Å². The van der Waals surface area contributed by atoms with E-state index in [-0.39, 0.29) is 10.8 Å². The SMILES string of the molecule is Cc1ccc(S(=O)(=O)N(C)C)cc1C(=O)Nc1nc(C)c(C)s1. The van der Waals surface area contributed by atoms with E-state index in [0.29, 0.717) is 16.3 Å². The number of hydrogen-bond donors (Lipinski definition) is 1. The molecule has 6 nitrogen and oxygen atoms in total. The molecule has 8 heteroatoms. The van der Waals surface area contributed by atoms with Crippen LogP contribution >= 0.6 is 11.3 Å². The first-order valence-electron chi connectivity index (χ1n) is 6.91. The molecule has 1 aromatic heterocycles. The monoisotopic (exact) mass is 353 g/mol. The van der Waals surface area contributed by atoms with Gasteiger partial charge in [0.05, 0.1) is 10.6 Å². The molecule has 0 saturated heterocycles. The third-order valence-electron chi connectivity index (χ3n) is 3.48. The lowest BCUT2D eigenvalue weighted by molar-refractivity contribution is 0.102. The van der Waals surface area contributed by atoms with Crippen LogP contribution in [-0.4, -0.2) is 37.7 Å². The van der Waals surface area contributed by atoms with Crippen LogP contribution in [0.3, 0.4) is 0 Å². The third kappa shape index (κ3) is 3.60. The van der Waals surface area contributed by atoms with Crippen molar-refractivity contribution in [1.82, 2.24) is 9.29 Å². The van der Waals surface area contributed by atoms with Crippen LogP contribution in [0.15, 0.2) is 23.1 Å². The first kappa shape index (κ1) is 17.6. The molecule has 0 bridgehead atoms. The first-order chi connectivity index (χ1) is 10.6. The quantitative estimate of drug-likeness (QED) is 0.916. The number of nitrogens with zero attached hydrogens (tertiary/aromatic N) is 2. The Morgan fingerprint density at radius 1 is 1.22 bits per heavy atom. The zero-order valence-corrected chi connectivity index (χ0v) is 15.3. The van der Waals surface area contributed by atoms with E-state index in [4.69, 9.17) is 0 Å². The zero-order chi connectivity index (χ0) is 17.4. The second-order valence-corrected chi connectivity index (χ2v) is 8.73. The van der Waals surface area contributed by atoms with Crippen molar-refractivity contribution in [3.63, 3.8) is 0 Å². The lowest BCUT2D eigenvalue weighted by atomic mass is 10.1. The van der Waals surface area contributed by atoms with Gasteiger partial charge in [-0.15, -0.1) is 11.3 Å². The summed E-state index contributed by atoms with van der Waals surface area (Å²) >= 11 is 1.39. The number of hydrogen-bond acceptors (Lipinski definition) is 5. The van der Waals surface area contributed by atoms with E-state index in [9.17, 15) is 13.2 Å². The number of carbonyl (C=O) groups is 1. The molecule has 0 radical (unpaired) electrons. The minimum absolute atomic E-state index is 0.0877. The third-order valence-corrected chi connectivity index (χ3v) is 6.28. The summed E-state index contributed by atoms with van der Waals surface area (Å²) in [4.78, 5) is 17.8. The molecule has 0 unspecified atom stereocenters. The van der Waals surface area contributed by atoms with E-state index in [0.717, 1.165) is 14.9 Å². The molecule has 0 atom stereocenters. The number of anilines is 1. The maximum atomic E-state index is 12.5. The normalized spacial score (nSPS) is 11.7. The highest BCUT2D eigenvalue weighted by molar-refractivity contribution is 7.89. The van der Waals surface area contributed by atoms with Gasteiger partial charge in [0.2, 0.25) is 10.0 Å². The Morgan fingerprint density at radius 2 is 1.87 bits per heavy atom. The Morgan fingerprint density at radius 3 is 2.39 bits per heavy atom. The number of rotatable bonds is 4. The molecule has 1 amide bonds. The highest BCUT2D eigenvalue weighted by Crippen LogP contribution is 2.23. The van der Waals surface area contributed by atoms with Crippen LogP contribution in [0.2, 0.25) is 0 Å². The second kappa shape index (κ2) is 6.38. The molecule has 0 saturated carbocycles. The van der Waals surface area contributed by atoms with Gasteiger partial charge in [0.15, 0.2) is 5.13 Å². The molecule has 0 aliphatic carbocycles. The Labute approximate surface area is 140 Å². The smallest absolute Gasteiger partial charge is 0.257 e. The van der Waals surface area contributed by atoms with Gasteiger partial charge < -0.3 is 0 Å². The average molecular weight is 353 g/mol. The first-order valence-corrected chi connectivity index (χ1v) is 9.17. The van der Waals surface area contributed by atoms with Gasteiger partial charge >= 0.3 is 0 Å². The molecule has 1 aromatic carbocycles. The van der Waals surface area contributed by atoms with Crippen molar-refractivity contribution in [2.75, 3.05) is 19.4 Å². The molecule has 124 valence electrons. The lowest BCUT2D eigenvalue weighted by Gasteiger charge is -2.13. The average Bonchev–Trinajstić information content (AvgIpc) is 2.77. The zero-order valence-electron chi connectivity index (χ0n) is 13.7. The standard InChI is InChI=1S/C15H19N3O3S2/c1-9-6-7-12(23(20,21)18(4)5)8-13(9)14(19)17-15-16-10(2)11(3)22-15/h6-8H,1-5H3,(H,16,17,19). The maximum absolute atomic E-state index is 12.5. The number of thiazole rings is 1. The summed E-state index contributed by atoms with van der Waals surface area (Å²) < 4.78 is 25.5. The summed E-state index contributed by atoms with van der Waals surface area (Å²) in [6, 6.07) is 4.52. The van der Waals surface area contributed by atoms with Gasteiger partial charge in [0.1, 0.15) is 0 Å². The fourth-order valence-electron chi connectivity index (χ4n) is 1.91. The summed E-state index contributed by atoms with van der Waals surface area (Å²) in [7, 11) is -0.676. The second-order valence-electron chi connectivity index (χ2n) is 5.38. The summed E-state index contributed by atoms with van der Waals surface area (Å²) in [5.74, 6) is -0.368. The molecule has 23 heavy (non-hydrogen) atoms. The minimum atomic E-state index is -3.58. The van der Waals surface area contributed by atoms with Crippen molar-refractivity contribution < 1.29 is 13.2 Å². The summed E-state index contributed by atoms with van der Waals surface area (Å²) in [6.07, 6.45) is 0. The molecular formula is C15H19N3O3S2. The van der Waals surface area contributed by atoms with Gasteiger partial charge in [-0.1, -0.05) is 6.07 Å². The molecule has 0 fully saturated rings. The van der Waals surface area contributed by atoms with Gasteiger partial charge in [-0.3, -0.25) is 10.1 Å². The topological polar surface area (TPSA) is 79.4 Å². The highest BCUT2D eigenvalue weighted by atomic mass is 32.2. The van der Waals surface area contributed by atoms with Crippen molar-refractivity contribution >= 4 is 32.4 Å². The molecule has 2 rings (SSSR count). The molecule has 2 aromatic rings. The van der Waals surface area contributed by atoms with Crippen LogP contribution in [0.1, 0.15) is 26.5 Å². The van der Waals surface area contributed by atoms with Crippen LogP contribution in [0.5, 0.6) is 0 Å². The van der Waals surface area contributed by atoms with Crippen molar-refractivity contribution in [2.45, 2.75) is 25.7 Å². The molecule has 0 aliphatic rings. The van der Waals surface area contributed by atoms with Crippen LogP contribution in [0.25, 0.3) is 0 Å². The highest BCUT2D eigenvalue weighted by Gasteiger charge is 2.20. The fraction of sp³-hybridized carbons (Fsp3) is 0.333. The number of aromatic nitrogens is 1. The Balaban J connectivity index is 2.37. The summed E-state index contributed by atoms with van der Waals surface area (Å²) in [6.45, 7) is 5.56. The van der Waals surface area contributed by atoms with Crippen LogP contribution in [0.4, 0.5) is 5.13 Å². The lowest BCUT2D eigenvalue weighted by Crippen LogP contribution is -2.23. The largest absolute Gasteiger partial charge is 0.298 e. The van der Waals surface area contributed by atoms with Gasteiger partial charge in [-0.25, -0.2) is 17.7 Å². The van der Waals surface area contributed by atoms with Crippen molar-refractivity contribution in [1.29, 1.82) is 0 Å². The van der Waals surface area contributed by atoms with E-state index >= 15 is 0 Å². The Kier molecular flexibility index (Phi) is 4.88. The predicted octanol–water partition coefficient (Wildman–Crippen LogP) is 2.57. The number of aryl methyl sites for hydroxylation is 3. The van der Waals surface area contributed by atoms with Gasteiger partial charge in [0.25, 0.3) is 5.91 Å². The number of nitrogens with one attached hydrogen (secondary N) is 1. The van der Waals surface area contributed by atoms with E-state index < -0.39 is 10.0 Å². The summed E-state index contributed by atoms with van der Waals surface area (Å²) in [5.41, 5.74) is 1.88. The molecular weight excluding hydrogens is 334 g/mol. The van der Waals surface area contributed by atoms with Crippen molar-refractivity contribution in [3.05, 3.63) is 39.9 Å². The Bertz CT molecular complexity index is 835. The van der Waals surface area contributed by atoms with E-state index in [1.54, 1.807) is 13.0 Å². The van der Waals surface area contributed by atoms with E-state index in [1.807, 2.05) is 13.8 Å². The Hall–Kier alpha value is -1.77. The van der Waals surface area contributed by atoms with Gasteiger partial charge in [0, 0.05) is 24.5 Å². The number of sulfonamides is 1. The van der Waals surface area contributed by atoms with Crippen LogP contribution in [0, 0.1) is 20.8 Å². The summed E-state index contributed by atoms with van der Waals surface area (Å²) in [5, 5.41) is 3.23. The molecule has 0 spiro atoms. The number of benzene rings is 1. The number of amides is 1. The number of carbonyl (C=O) groups excluding carboxylic acids is 1. The van der Waals surface area contributed by atoms with E-state index in [1.165, 1.54) is 37.6 Å². The molecule has 1 N–H and O–H groups in total. The predicted molar refractivity (Wildman–Crippen MR) is 91.6 cm³/mol. The van der Waals surface area contributed by atoms with Crippen LogP contribution < -0.4 is 5.32 Å². The van der Waals surface area contributed by atoms with E-state index in [2.05, 4.69) is 10.3 Å². The minimum Gasteiger partial charge on any atom is -0.298 e.